The molecule has 1 heterocycles. The van der Waals surface area contributed by atoms with E-state index in [1.165, 1.54) is 12.1 Å². The number of piperidine rings is 1. The van der Waals surface area contributed by atoms with Crippen molar-refractivity contribution in [2.24, 2.45) is 5.92 Å². The summed E-state index contributed by atoms with van der Waals surface area (Å²) in [6.45, 7) is 1.83. The molecule has 5 heteroatoms. The third-order valence-corrected chi connectivity index (χ3v) is 5.85. The van der Waals surface area contributed by atoms with E-state index in [1.54, 1.807) is 12.1 Å². The lowest BCUT2D eigenvalue weighted by Gasteiger charge is -2.37. The molecule has 1 saturated heterocycles. The zero-order valence-electron chi connectivity index (χ0n) is 17.3. The molecule has 0 aromatic heterocycles. The molecular formula is C26H26FNO3. The van der Waals surface area contributed by atoms with Gasteiger partial charge in [0.05, 0.1) is 12.0 Å². The molecule has 3 aromatic carbocycles. The summed E-state index contributed by atoms with van der Waals surface area (Å²) in [7, 11) is 0. The van der Waals surface area contributed by atoms with Crippen LogP contribution in [0.25, 0.3) is 0 Å². The number of hydrogen-bond donors (Lipinski definition) is 1. The highest BCUT2D eigenvalue weighted by molar-refractivity contribution is 5.70. The number of halogens is 1. The van der Waals surface area contributed by atoms with Gasteiger partial charge in [0.25, 0.3) is 0 Å². The van der Waals surface area contributed by atoms with Crippen LogP contribution in [0.5, 0.6) is 5.75 Å². The summed E-state index contributed by atoms with van der Waals surface area (Å²) >= 11 is 0. The number of aliphatic carboxylic acids is 1. The van der Waals surface area contributed by atoms with Gasteiger partial charge in [-0.15, -0.1) is 0 Å². The van der Waals surface area contributed by atoms with E-state index in [0.717, 1.165) is 22.4 Å². The van der Waals surface area contributed by atoms with Gasteiger partial charge >= 0.3 is 5.97 Å². The Morgan fingerprint density at radius 2 is 1.68 bits per heavy atom. The molecule has 4 nitrogen and oxygen atoms in total. The van der Waals surface area contributed by atoms with Gasteiger partial charge < -0.3 is 9.84 Å². The molecule has 0 amide bonds. The van der Waals surface area contributed by atoms with Crippen LogP contribution in [-0.2, 0) is 11.4 Å². The fourth-order valence-electron chi connectivity index (χ4n) is 4.18. The maximum Gasteiger partial charge on any atom is 0.306 e. The van der Waals surface area contributed by atoms with Gasteiger partial charge in [-0.05, 0) is 66.9 Å². The first-order valence-corrected chi connectivity index (χ1v) is 10.6. The van der Waals surface area contributed by atoms with E-state index >= 15 is 0 Å². The van der Waals surface area contributed by atoms with Crippen molar-refractivity contribution in [3.05, 3.63) is 101 Å². The van der Waals surface area contributed by atoms with E-state index in [9.17, 15) is 14.3 Å². The maximum absolute atomic E-state index is 13.6. The summed E-state index contributed by atoms with van der Waals surface area (Å²) < 4.78 is 19.6. The van der Waals surface area contributed by atoms with Crippen molar-refractivity contribution < 1.29 is 19.0 Å². The Balaban J connectivity index is 1.58. The van der Waals surface area contributed by atoms with Gasteiger partial charge in [0.2, 0.25) is 0 Å². The lowest BCUT2D eigenvalue weighted by atomic mass is 9.91. The van der Waals surface area contributed by atoms with Gasteiger partial charge in [0, 0.05) is 0 Å². The Bertz CT molecular complexity index is 999. The monoisotopic (exact) mass is 419 g/mol. The Kier molecular flexibility index (Phi) is 6.63. The van der Waals surface area contributed by atoms with Crippen LogP contribution < -0.4 is 4.74 Å². The number of carbonyl (C=O) groups is 1. The Morgan fingerprint density at radius 3 is 2.35 bits per heavy atom. The molecule has 0 bridgehead atoms. The minimum Gasteiger partial charge on any atom is -0.489 e. The van der Waals surface area contributed by atoms with Crippen LogP contribution in [-0.4, -0.2) is 29.1 Å². The van der Waals surface area contributed by atoms with Crippen molar-refractivity contribution in [3.63, 3.8) is 0 Å². The molecule has 160 valence electrons. The zero-order valence-corrected chi connectivity index (χ0v) is 17.3. The summed E-state index contributed by atoms with van der Waals surface area (Å²) in [6.07, 6.45) is 1.22. The van der Waals surface area contributed by atoms with Crippen molar-refractivity contribution in [1.82, 2.24) is 4.90 Å². The molecule has 4 rings (SSSR count). The molecule has 0 aliphatic carbocycles. The molecule has 1 unspecified atom stereocenters. The standard InChI is InChI=1S/C26H26FNO3/c27-23-11-9-20(10-12-23)25(28-15-13-21(14-16-28)26(29)30)22-7-4-8-24(17-22)31-18-19-5-2-1-3-6-19/h1-12,17,21,25H,13-16,18H2,(H,29,30). The lowest BCUT2D eigenvalue weighted by Crippen LogP contribution is -2.39. The van der Waals surface area contributed by atoms with Crippen LogP contribution in [0.1, 0.15) is 35.6 Å². The Labute approximate surface area is 181 Å². The summed E-state index contributed by atoms with van der Waals surface area (Å²) in [5.41, 5.74) is 3.13. The second kappa shape index (κ2) is 9.75. The molecule has 1 aliphatic rings. The second-order valence-corrected chi connectivity index (χ2v) is 7.95. The highest BCUT2D eigenvalue weighted by Gasteiger charge is 2.30. The van der Waals surface area contributed by atoms with Crippen molar-refractivity contribution >= 4 is 5.97 Å². The molecule has 0 spiro atoms. The van der Waals surface area contributed by atoms with E-state index in [4.69, 9.17) is 4.74 Å². The predicted octanol–water partition coefficient (Wildman–Crippen LogP) is 5.29. The summed E-state index contributed by atoms with van der Waals surface area (Å²) in [5.74, 6) is -0.527. The Hall–Kier alpha value is -3.18. The van der Waals surface area contributed by atoms with Crippen LogP contribution in [0.2, 0.25) is 0 Å². The SMILES string of the molecule is O=C(O)C1CCN(C(c2ccc(F)cc2)c2cccc(OCc3ccccc3)c2)CC1. The topological polar surface area (TPSA) is 49.8 Å². The summed E-state index contributed by atoms with van der Waals surface area (Å²) in [6, 6.07) is 24.5. The lowest BCUT2D eigenvalue weighted by molar-refractivity contribution is -0.143. The van der Waals surface area contributed by atoms with Gasteiger partial charge in [-0.2, -0.15) is 0 Å². The number of benzene rings is 3. The minimum atomic E-state index is -0.728. The van der Waals surface area contributed by atoms with Crippen LogP contribution in [0.15, 0.2) is 78.9 Å². The van der Waals surface area contributed by atoms with Crippen molar-refractivity contribution in [3.8, 4) is 5.75 Å². The molecular weight excluding hydrogens is 393 g/mol. The minimum absolute atomic E-state index is 0.0874. The largest absolute Gasteiger partial charge is 0.489 e. The summed E-state index contributed by atoms with van der Waals surface area (Å²) in [5, 5.41) is 9.34. The average Bonchev–Trinajstić information content (AvgIpc) is 2.80. The van der Waals surface area contributed by atoms with Gasteiger partial charge in [-0.3, -0.25) is 9.69 Å². The number of likely N-dealkylation sites (tertiary alicyclic amines) is 1. The number of carboxylic acid groups (broad SMARTS) is 1. The average molecular weight is 419 g/mol. The first kappa shape index (κ1) is 21.1. The van der Waals surface area contributed by atoms with Crippen molar-refractivity contribution in [1.29, 1.82) is 0 Å². The normalized spacial score (nSPS) is 16.0. The van der Waals surface area contributed by atoms with Gasteiger partial charge in [-0.25, -0.2) is 4.39 Å². The molecule has 0 radical (unpaired) electrons. The number of rotatable bonds is 7. The van der Waals surface area contributed by atoms with Crippen molar-refractivity contribution in [2.75, 3.05) is 13.1 Å². The van der Waals surface area contributed by atoms with Gasteiger partial charge in [0.15, 0.2) is 0 Å². The molecule has 3 aromatic rings. The molecule has 1 atom stereocenters. The van der Waals surface area contributed by atoms with Crippen molar-refractivity contribution in [2.45, 2.75) is 25.5 Å². The van der Waals surface area contributed by atoms with Crippen LogP contribution in [0.3, 0.4) is 0 Å². The van der Waals surface area contributed by atoms with E-state index in [2.05, 4.69) is 4.90 Å². The quantitative estimate of drug-likeness (QED) is 0.565. The maximum atomic E-state index is 13.6. The third-order valence-electron chi connectivity index (χ3n) is 5.85. The first-order valence-electron chi connectivity index (χ1n) is 10.6. The Morgan fingerprint density at radius 1 is 0.968 bits per heavy atom. The van der Waals surface area contributed by atoms with E-state index in [0.29, 0.717) is 32.5 Å². The fraction of sp³-hybridized carbons (Fsp3) is 0.269. The zero-order chi connectivity index (χ0) is 21.6. The highest BCUT2D eigenvalue weighted by Crippen LogP contribution is 2.34. The van der Waals surface area contributed by atoms with Crippen LogP contribution in [0, 0.1) is 11.7 Å². The van der Waals surface area contributed by atoms with E-state index in [-0.39, 0.29) is 17.8 Å². The molecule has 1 fully saturated rings. The smallest absolute Gasteiger partial charge is 0.306 e. The van der Waals surface area contributed by atoms with E-state index in [1.807, 2.05) is 54.6 Å². The molecule has 31 heavy (non-hydrogen) atoms. The fourth-order valence-corrected chi connectivity index (χ4v) is 4.18. The van der Waals surface area contributed by atoms with Crippen LogP contribution >= 0.6 is 0 Å². The second-order valence-electron chi connectivity index (χ2n) is 7.95. The molecule has 1 N–H and O–H groups in total. The number of nitrogens with zero attached hydrogens (tertiary/aromatic N) is 1. The first-order chi connectivity index (χ1) is 15.1. The number of hydrogen-bond acceptors (Lipinski definition) is 3. The van der Waals surface area contributed by atoms with E-state index < -0.39 is 5.97 Å². The number of ether oxygens (including phenoxy) is 1. The van der Waals surface area contributed by atoms with Gasteiger partial charge in [-0.1, -0.05) is 54.6 Å². The predicted molar refractivity (Wildman–Crippen MR) is 117 cm³/mol. The molecule has 0 saturated carbocycles. The van der Waals surface area contributed by atoms with Gasteiger partial charge in [0.1, 0.15) is 18.2 Å². The third kappa shape index (κ3) is 5.30. The van der Waals surface area contributed by atoms with Crippen LogP contribution in [0.4, 0.5) is 4.39 Å². The highest BCUT2D eigenvalue weighted by atomic mass is 19.1. The molecule has 1 aliphatic heterocycles. The summed E-state index contributed by atoms with van der Waals surface area (Å²) in [4.78, 5) is 13.6. The number of carboxylic acids is 1.